The zero-order valence-electron chi connectivity index (χ0n) is 9.94. The lowest BCUT2D eigenvalue weighted by Crippen LogP contribution is -2.09. The van der Waals surface area contributed by atoms with E-state index in [1.165, 1.54) is 5.56 Å². The Balaban J connectivity index is 2.54. The van der Waals surface area contributed by atoms with Gasteiger partial charge in [0.05, 0.1) is 11.9 Å². The minimum atomic E-state index is 0.625. The molecule has 0 saturated heterocycles. The molecule has 2 aromatic heterocycles. The van der Waals surface area contributed by atoms with E-state index in [1.807, 2.05) is 42.7 Å². The Morgan fingerprint density at radius 2 is 2.12 bits per heavy atom. The van der Waals surface area contributed by atoms with Gasteiger partial charge in [0.1, 0.15) is 0 Å². The van der Waals surface area contributed by atoms with E-state index in [9.17, 15) is 0 Å². The third-order valence-corrected chi connectivity index (χ3v) is 2.64. The molecule has 0 radical (unpaired) electrons. The quantitative estimate of drug-likeness (QED) is 0.827. The van der Waals surface area contributed by atoms with Crippen LogP contribution in [0.5, 0.6) is 0 Å². The van der Waals surface area contributed by atoms with Gasteiger partial charge in [-0.2, -0.15) is 10.2 Å². The Morgan fingerprint density at radius 3 is 2.69 bits per heavy atom. The summed E-state index contributed by atoms with van der Waals surface area (Å²) in [7, 11) is 1.93. The van der Waals surface area contributed by atoms with E-state index >= 15 is 0 Å². The summed E-state index contributed by atoms with van der Waals surface area (Å²) in [6.07, 6.45) is 4.67. The average Bonchev–Trinajstić information content (AvgIpc) is 2.73. The molecule has 2 aromatic rings. The van der Waals surface area contributed by atoms with Gasteiger partial charge in [-0.25, -0.2) is 4.68 Å². The SMILES string of the molecule is Cc1cnn(-c2c(CCN)c(C)nn2C)c1. The Morgan fingerprint density at radius 1 is 1.38 bits per heavy atom. The summed E-state index contributed by atoms with van der Waals surface area (Å²) in [5.41, 5.74) is 8.96. The second kappa shape index (κ2) is 4.09. The van der Waals surface area contributed by atoms with Crippen LogP contribution in [0, 0.1) is 13.8 Å². The molecule has 5 nitrogen and oxygen atoms in total. The predicted octanol–water partition coefficient (Wildman–Crippen LogP) is 0.724. The van der Waals surface area contributed by atoms with Gasteiger partial charge in [0.2, 0.25) is 0 Å². The molecule has 0 spiro atoms. The van der Waals surface area contributed by atoms with Crippen LogP contribution in [-0.4, -0.2) is 26.1 Å². The lowest BCUT2D eigenvalue weighted by molar-refractivity contribution is 0.690. The minimum Gasteiger partial charge on any atom is -0.330 e. The molecule has 0 bridgehead atoms. The van der Waals surface area contributed by atoms with Gasteiger partial charge in [-0.1, -0.05) is 0 Å². The fourth-order valence-electron chi connectivity index (χ4n) is 1.94. The normalized spacial score (nSPS) is 11.0. The van der Waals surface area contributed by atoms with Crippen LogP contribution in [0.2, 0.25) is 0 Å². The van der Waals surface area contributed by atoms with Crippen LogP contribution in [0.3, 0.4) is 0 Å². The van der Waals surface area contributed by atoms with E-state index in [4.69, 9.17) is 5.73 Å². The second-order valence-corrected chi connectivity index (χ2v) is 4.01. The lowest BCUT2D eigenvalue weighted by Gasteiger charge is -2.05. The van der Waals surface area contributed by atoms with Gasteiger partial charge in [0.15, 0.2) is 5.82 Å². The van der Waals surface area contributed by atoms with E-state index in [1.54, 1.807) is 0 Å². The zero-order valence-corrected chi connectivity index (χ0v) is 9.94. The number of hydrogen-bond donors (Lipinski definition) is 1. The number of aryl methyl sites for hydroxylation is 3. The second-order valence-electron chi connectivity index (χ2n) is 4.01. The fraction of sp³-hybridized carbons (Fsp3) is 0.455. The molecule has 0 aliphatic heterocycles. The highest BCUT2D eigenvalue weighted by atomic mass is 15.4. The van der Waals surface area contributed by atoms with Crippen LogP contribution < -0.4 is 5.73 Å². The Labute approximate surface area is 94.9 Å². The maximum Gasteiger partial charge on any atom is 0.155 e. The van der Waals surface area contributed by atoms with Gasteiger partial charge in [0, 0.05) is 18.8 Å². The zero-order chi connectivity index (χ0) is 11.7. The van der Waals surface area contributed by atoms with Crippen LogP contribution in [-0.2, 0) is 13.5 Å². The van der Waals surface area contributed by atoms with Crippen molar-refractivity contribution >= 4 is 0 Å². The maximum absolute atomic E-state index is 5.62. The van der Waals surface area contributed by atoms with E-state index in [0.29, 0.717) is 6.54 Å². The monoisotopic (exact) mass is 219 g/mol. The lowest BCUT2D eigenvalue weighted by atomic mass is 10.2. The smallest absolute Gasteiger partial charge is 0.155 e. The van der Waals surface area contributed by atoms with Crippen LogP contribution in [0.15, 0.2) is 12.4 Å². The maximum atomic E-state index is 5.62. The van der Waals surface area contributed by atoms with Crippen molar-refractivity contribution in [1.82, 2.24) is 19.6 Å². The van der Waals surface area contributed by atoms with Crippen molar-refractivity contribution in [2.75, 3.05) is 6.54 Å². The molecule has 0 fully saturated rings. The number of aromatic nitrogens is 4. The largest absolute Gasteiger partial charge is 0.330 e. The molecule has 0 saturated carbocycles. The molecule has 0 unspecified atom stereocenters. The number of nitrogens with zero attached hydrogens (tertiary/aromatic N) is 4. The molecule has 0 atom stereocenters. The molecular weight excluding hydrogens is 202 g/mol. The molecule has 86 valence electrons. The van der Waals surface area contributed by atoms with E-state index in [2.05, 4.69) is 10.2 Å². The number of rotatable bonds is 3. The molecule has 0 aromatic carbocycles. The van der Waals surface area contributed by atoms with E-state index in [-0.39, 0.29) is 0 Å². The van der Waals surface area contributed by atoms with E-state index in [0.717, 1.165) is 23.5 Å². The summed E-state index contributed by atoms with van der Waals surface area (Å²) in [4.78, 5) is 0. The van der Waals surface area contributed by atoms with Crippen LogP contribution in [0.1, 0.15) is 16.8 Å². The Bertz CT molecular complexity index is 494. The minimum absolute atomic E-state index is 0.625. The van der Waals surface area contributed by atoms with Crippen LogP contribution in [0.25, 0.3) is 5.82 Å². The van der Waals surface area contributed by atoms with Gasteiger partial charge in [0.25, 0.3) is 0 Å². The van der Waals surface area contributed by atoms with Crippen molar-refractivity contribution < 1.29 is 0 Å². The Hall–Kier alpha value is -1.62. The van der Waals surface area contributed by atoms with Crippen molar-refractivity contribution in [3.05, 3.63) is 29.2 Å². The standard InChI is InChI=1S/C11H17N5/c1-8-6-13-16(7-8)11-10(4-5-12)9(2)14-15(11)3/h6-7H,4-5,12H2,1-3H3. The van der Waals surface area contributed by atoms with Crippen molar-refractivity contribution in [2.45, 2.75) is 20.3 Å². The van der Waals surface area contributed by atoms with Gasteiger partial charge < -0.3 is 5.73 Å². The molecule has 0 amide bonds. The molecule has 5 heteroatoms. The van der Waals surface area contributed by atoms with Crippen molar-refractivity contribution in [3.8, 4) is 5.82 Å². The summed E-state index contributed by atoms with van der Waals surface area (Å²) in [6.45, 7) is 4.65. The molecular formula is C11H17N5. The van der Waals surface area contributed by atoms with Crippen LogP contribution >= 0.6 is 0 Å². The topological polar surface area (TPSA) is 61.7 Å². The summed E-state index contributed by atoms with van der Waals surface area (Å²) in [5, 5.41) is 8.73. The average molecular weight is 219 g/mol. The van der Waals surface area contributed by atoms with Crippen LogP contribution in [0.4, 0.5) is 0 Å². The predicted molar refractivity (Wildman–Crippen MR) is 62.6 cm³/mol. The highest BCUT2D eigenvalue weighted by Gasteiger charge is 2.14. The molecule has 2 N–H and O–H groups in total. The Kier molecular flexibility index (Phi) is 2.78. The highest BCUT2D eigenvalue weighted by molar-refractivity contribution is 5.38. The molecule has 2 rings (SSSR count). The van der Waals surface area contributed by atoms with Crippen molar-refractivity contribution in [1.29, 1.82) is 0 Å². The number of hydrogen-bond acceptors (Lipinski definition) is 3. The molecule has 16 heavy (non-hydrogen) atoms. The molecule has 0 aliphatic rings. The van der Waals surface area contributed by atoms with E-state index < -0.39 is 0 Å². The fourth-order valence-corrected chi connectivity index (χ4v) is 1.94. The van der Waals surface area contributed by atoms with Gasteiger partial charge >= 0.3 is 0 Å². The van der Waals surface area contributed by atoms with Gasteiger partial charge in [-0.15, -0.1) is 0 Å². The third kappa shape index (κ3) is 1.74. The highest BCUT2D eigenvalue weighted by Crippen LogP contribution is 2.17. The first-order chi connectivity index (χ1) is 7.63. The van der Waals surface area contributed by atoms with Crippen molar-refractivity contribution in [2.24, 2.45) is 12.8 Å². The van der Waals surface area contributed by atoms with Gasteiger partial charge in [-0.05, 0) is 32.4 Å². The molecule has 2 heterocycles. The first kappa shape index (κ1) is 10.9. The summed E-state index contributed by atoms with van der Waals surface area (Å²) < 4.78 is 3.72. The van der Waals surface area contributed by atoms with Crippen molar-refractivity contribution in [3.63, 3.8) is 0 Å². The molecule has 0 aliphatic carbocycles. The first-order valence-electron chi connectivity index (χ1n) is 5.37. The first-order valence-corrected chi connectivity index (χ1v) is 5.37. The third-order valence-electron chi connectivity index (χ3n) is 2.64. The summed E-state index contributed by atoms with van der Waals surface area (Å²) in [6, 6.07) is 0. The van der Waals surface area contributed by atoms with Gasteiger partial charge in [-0.3, -0.25) is 4.68 Å². The summed E-state index contributed by atoms with van der Waals surface area (Å²) in [5.74, 6) is 1.01. The number of nitrogens with two attached hydrogens (primary N) is 1. The summed E-state index contributed by atoms with van der Waals surface area (Å²) >= 11 is 0.